The Kier molecular flexibility index (Phi) is 4.77. The fraction of sp³-hybridized carbons (Fsp3) is 0.238. The van der Waals surface area contributed by atoms with E-state index in [0.717, 1.165) is 45.8 Å². The van der Waals surface area contributed by atoms with Crippen molar-refractivity contribution in [3.05, 3.63) is 63.5 Å². The second kappa shape index (κ2) is 7.57. The van der Waals surface area contributed by atoms with Gasteiger partial charge in [0.2, 0.25) is 0 Å². The summed E-state index contributed by atoms with van der Waals surface area (Å²) in [6.07, 6.45) is 7.97. The lowest BCUT2D eigenvalue weighted by Gasteiger charge is -2.11. The number of hydrogen-bond acceptors (Lipinski definition) is 6. The standard InChI is InChI=1S/C21H19ClN6S/c1-13-16(19(22)28(27-13)14-7-3-2-4-8-14)11-25-26-20-18-15-9-5-6-10-17(15)29-21(18)24-12-23-20/h2-4,7-8,11-12H,5-6,9-10H2,1H3,(H,23,24,26)/b25-11-. The molecule has 0 bridgehead atoms. The first kappa shape index (κ1) is 18.3. The summed E-state index contributed by atoms with van der Waals surface area (Å²) in [6.45, 7) is 1.92. The number of thiophene rings is 1. The Morgan fingerprint density at radius 1 is 1.17 bits per heavy atom. The summed E-state index contributed by atoms with van der Waals surface area (Å²) in [5, 5.41) is 10.6. The molecule has 1 N–H and O–H groups in total. The number of aromatic nitrogens is 4. The minimum Gasteiger partial charge on any atom is -0.261 e. The number of nitrogens with zero attached hydrogens (tertiary/aromatic N) is 5. The normalized spacial score (nSPS) is 13.9. The molecule has 0 aliphatic heterocycles. The van der Waals surface area contributed by atoms with E-state index in [1.165, 1.54) is 23.3 Å². The Morgan fingerprint density at radius 2 is 2.00 bits per heavy atom. The molecule has 0 atom stereocenters. The van der Waals surface area contributed by atoms with Crippen LogP contribution in [0.15, 0.2) is 41.8 Å². The molecule has 0 spiro atoms. The molecule has 1 aromatic carbocycles. The fourth-order valence-electron chi connectivity index (χ4n) is 3.73. The Balaban J connectivity index is 1.45. The topological polar surface area (TPSA) is 68.0 Å². The highest BCUT2D eigenvalue weighted by Gasteiger charge is 2.19. The molecule has 1 aliphatic carbocycles. The van der Waals surface area contributed by atoms with Crippen LogP contribution in [0.25, 0.3) is 15.9 Å². The molecule has 4 aromatic rings. The number of hydrogen-bond donors (Lipinski definition) is 1. The second-order valence-corrected chi connectivity index (χ2v) is 8.46. The zero-order chi connectivity index (χ0) is 19.8. The quantitative estimate of drug-likeness (QED) is 0.364. The van der Waals surface area contributed by atoms with Gasteiger partial charge in [0, 0.05) is 4.88 Å². The molecule has 0 saturated carbocycles. The third-order valence-electron chi connectivity index (χ3n) is 5.16. The Hall–Kier alpha value is -2.77. The highest BCUT2D eigenvalue weighted by molar-refractivity contribution is 7.19. The first-order chi connectivity index (χ1) is 14.2. The van der Waals surface area contributed by atoms with Gasteiger partial charge < -0.3 is 0 Å². The van der Waals surface area contributed by atoms with Crippen molar-refractivity contribution in [3.63, 3.8) is 0 Å². The van der Waals surface area contributed by atoms with Crippen LogP contribution in [0, 0.1) is 6.92 Å². The summed E-state index contributed by atoms with van der Waals surface area (Å²) in [5.74, 6) is 0.745. The minimum atomic E-state index is 0.528. The second-order valence-electron chi connectivity index (χ2n) is 7.02. The summed E-state index contributed by atoms with van der Waals surface area (Å²) >= 11 is 8.35. The van der Waals surface area contributed by atoms with Crippen LogP contribution in [-0.2, 0) is 12.8 Å². The van der Waals surface area contributed by atoms with E-state index in [2.05, 4.69) is 25.6 Å². The van der Waals surface area contributed by atoms with Gasteiger partial charge in [-0.25, -0.2) is 14.6 Å². The molecular weight excluding hydrogens is 404 g/mol. The monoisotopic (exact) mass is 422 g/mol. The molecule has 8 heteroatoms. The van der Waals surface area contributed by atoms with Gasteiger partial charge in [0.15, 0.2) is 5.82 Å². The summed E-state index contributed by atoms with van der Waals surface area (Å²) in [4.78, 5) is 11.3. The molecule has 0 amide bonds. The van der Waals surface area contributed by atoms with Crippen molar-refractivity contribution in [1.29, 1.82) is 0 Å². The molecule has 29 heavy (non-hydrogen) atoms. The van der Waals surface area contributed by atoms with Gasteiger partial charge in [-0.05, 0) is 50.3 Å². The summed E-state index contributed by atoms with van der Waals surface area (Å²) in [6, 6.07) is 9.81. The van der Waals surface area contributed by atoms with Crippen LogP contribution in [0.3, 0.4) is 0 Å². The van der Waals surface area contributed by atoms with Crippen molar-refractivity contribution < 1.29 is 0 Å². The maximum absolute atomic E-state index is 6.58. The highest BCUT2D eigenvalue weighted by atomic mass is 35.5. The Bertz CT molecular complexity index is 1210. The lowest BCUT2D eigenvalue weighted by Crippen LogP contribution is -2.01. The molecule has 1 aliphatic rings. The number of hydrazone groups is 1. The van der Waals surface area contributed by atoms with Gasteiger partial charge in [0.05, 0.1) is 28.5 Å². The van der Waals surface area contributed by atoms with Gasteiger partial charge in [-0.3, -0.25) is 5.43 Å². The van der Waals surface area contributed by atoms with E-state index in [1.54, 1.807) is 28.6 Å². The van der Waals surface area contributed by atoms with Crippen molar-refractivity contribution in [3.8, 4) is 5.69 Å². The highest BCUT2D eigenvalue weighted by Crippen LogP contribution is 2.38. The number of halogens is 1. The van der Waals surface area contributed by atoms with Crippen LogP contribution in [0.5, 0.6) is 0 Å². The first-order valence-electron chi connectivity index (χ1n) is 9.57. The zero-order valence-corrected chi connectivity index (χ0v) is 17.5. The van der Waals surface area contributed by atoms with E-state index in [0.29, 0.717) is 5.15 Å². The number of benzene rings is 1. The number of nitrogens with one attached hydrogen (secondary N) is 1. The zero-order valence-electron chi connectivity index (χ0n) is 15.9. The van der Waals surface area contributed by atoms with Crippen LogP contribution in [0.1, 0.15) is 34.5 Å². The van der Waals surface area contributed by atoms with Gasteiger partial charge in [0.1, 0.15) is 16.3 Å². The summed E-state index contributed by atoms with van der Waals surface area (Å²) in [7, 11) is 0. The lowest BCUT2D eigenvalue weighted by atomic mass is 9.97. The number of aryl methyl sites for hydroxylation is 3. The molecule has 6 nitrogen and oxygen atoms in total. The van der Waals surface area contributed by atoms with Crippen molar-refractivity contribution in [2.45, 2.75) is 32.6 Å². The molecular formula is C21H19ClN6S. The third-order valence-corrected chi connectivity index (χ3v) is 6.73. The summed E-state index contributed by atoms with van der Waals surface area (Å²) < 4.78 is 1.72. The van der Waals surface area contributed by atoms with Gasteiger partial charge in [-0.15, -0.1) is 11.3 Å². The predicted octanol–water partition coefficient (Wildman–Crippen LogP) is 5.16. The molecule has 3 aromatic heterocycles. The van der Waals surface area contributed by atoms with Crippen LogP contribution in [0.2, 0.25) is 5.15 Å². The van der Waals surface area contributed by atoms with Crippen molar-refractivity contribution in [2.24, 2.45) is 5.10 Å². The lowest BCUT2D eigenvalue weighted by molar-refractivity contribution is 0.700. The van der Waals surface area contributed by atoms with E-state index in [9.17, 15) is 0 Å². The van der Waals surface area contributed by atoms with E-state index in [-0.39, 0.29) is 0 Å². The molecule has 0 saturated heterocycles. The molecule has 0 unspecified atom stereocenters. The Morgan fingerprint density at radius 3 is 2.86 bits per heavy atom. The third kappa shape index (κ3) is 3.30. The Labute approximate surface area is 177 Å². The minimum absolute atomic E-state index is 0.528. The van der Waals surface area contributed by atoms with E-state index in [4.69, 9.17) is 11.6 Å². The largest absolute Gasteiger partial charge is 0.261 e. The number of fused-ring (bicyclic) bond motifs is 3. The van der Waals surface area contributed by atoms with E-state index < -0.39 is 0 Å². The van der Waals surface area contributed by atoms with E-state index >= 15 is 0 Å². The average molecular weight is 423 g/mol. The van der Waals surface area contributed by atoms with E-state index in [1.807, 2.05) is 37.3 Å². The SMILES string of the molecule is Cc1nn(-c2ccccc2)c(Cl)c1/C=N\Nc1ncnc2sc3c(c12)CCCC3. The van der Waals surface area contributed by atoms with Gasteiger partial charge in [0.25, 0.3) is 0 Å². The van der Waals surface area contributed by atoms with Crippen LogP contribution < -0.4 is 5.43 Å². The molecule has 146 valence electrons. The fourth-order valence-corrected chi connectivity index (χ4v) is 5.28. The first-order valence-corrected chi connectivity index (χ1v) is 10.8. The number of anilines is 1. The maximum atomic E-state index is 6.58. The molecule has 0 radical (unpaired) electrons. The maximum Gasteiger partial charge on any atom is 0.158 e. The predicted molar refractivity (Wildman–Crippen MR) is 119 cm³/mol. The summed E-state index contributed by atoms with van der Waals surface area (Å²) in [5.41, 5.74) is 6.98. The van der Waals surface area contributed by atoms with Crippen LogP contribution >= 0.6 is 22.9 Å². The van der Waals surface area contributed by atoms with Crippen LogP contribution in [0.4, 0.5) is 5.82 Å². The molecule has 5 rings (SSSR count). The van der Waals surface area contributed by atoms with Gasteiger partial charge in [-0.2, -0.15) is 10.2 Å². The number of para-hydroxylation sites is 1. The van der Waals surface area contributed by atoms with Crippen molar-refractivity contribution >= 4 is 45.2 Å². The van der Waals surface area contributed by atoms with Gasteiger partial charge in [-0.1, -0.05) is 29.8 Å². The number of rotatable bonds is 4. The molecule has 0 fully saturated rings. The molecule has 3 heterocycles. The van der Waals surface area contributed by atoms with Crippen molar-refractivity contribution in [2.75, 3.05) is 5.43 Å². The van der Waals surface area contributed by atoms with Gasteiger partial charge >= 0.3 is 0 Å². The average Bonchev–Trinajstić information content (AvgIpc) is 3.27. The van der Waals surface area contributed by atoms with Crippen LogP contribution in [-0.4, -0.2) is 26.0 Å². The van der Waals surface area contributed by atoms with Crippen molar-refractivity contribution in [1.82, 2.24) is 19.7 Å². The smallest absolute Gasteiger partial charge is 0.158 e.